The zero-order valence-electron chi connectivity index (χ0n) is 13.7. The summed E-state index contributed by atoms with van der Waals surface area (Å²) in [6, 6.07) is 18.1. The Balaban J connectivity index is 1.58. The van der Waals surface area contributed by atoms with Gasteiger partial charge in [-0.05, 0) is 36.6 Å². The number of hydrogen-bond acceptors (Lipinski definition) is 5. The fourth-order valence-electron chi connectivity index (χ4n) is 3.33. The Morgan fingerprint density at radius 1 is 1.24 bits per heavy atom. The smallest absolute Gasteiger partial charge is 0.176 e. The summed E-state index contributed by atoms with van der Waals surface area (Å²) >= 11 is 1.43. The van der Waals surface area contributed by atoms with Crippen LogP contribution in [0.25, 0.3) is 10.2 Å². The zero-order valence-corrected chi connectivity index (χ0v) is 14.5. The first-order chi connectivity index (χ1) is 12.3. The van der Waals surface area contributed by atoms with Crippen LogP contribution in [0.3, 0.4) is 0 Å². The fraction of sp³-hybridized carbons (Fsp3) is 0.250. The first-order valence-electron chi connectivity index (χ1n) is 8.37. The lowest BCUT2D eigenvalue weighted by atomic mass is 10.00. The van der Waals surface area contributed by atoms with Crippen LogP contribution in [0, 0.1) is 11.3 Å². The molecule has 0 fully saturated rings. The lowest BCUT2D eigenvalue weighted by molar-refractivity contribution is -0.118. The van der Waals surface area contributed by atoms with E-state index in [0.29, 0.717) is 5.01 Å². The van der Waals surface area contributed by atoms with Crippen molar-refractivity contribution in [1.82, 2.24) is 4.98 Å². The Kier molecular flexibility index (Phi) is 4.21. The van der Waals surface area contributed by atoms with Gasteiger partial charge in [-0.15, -0.1) is 11.3 Å². The summed E-state index contributed by atoms with van der Waals surface area (Å²) in [7, 11) is 0. The second-order valence-electron chi connectivity index (χ2n) is 6.20. The van der Waals surface area contributed by atoms with Gasteiger partial charge in [-0.3, -0.25) is 4.79 Å². The molecule has 2 heterocycles. The second-order valence-corrected chi connectivity index (χ2v) is 7.26. The number of nitrogens with zero attached hydrogens (tertiary/aromatic N) is 3. The van der Waals surface area contributed by atoms with E-state index in [0.717, 1.165) is 35.3 Å². The second kappa shape index (κ2) is 6.66. The van der Waals surface area contributed by atoms with Gasteiger partial charge in [-0.1, -0.05) is 30.3 Å². The van der Waals surface area contributed by atoms with Gasteiger partial charge in [-0.2, -0.15) is 5.26 Å². The van der Waals surface area contributed by atoms with Gasteiger partial charge in [0.1, 0.15) is 5.01 Å². The van der Waals surface area contributed by atoms with Crippen molar-refractivity contribution in [2.45, 2.75) is 18.8 Å². The molecule has 4 nitrogen and oxygen atoms in total. The molecule has 0 amide bonds. The molecule has 0 bridgehead atoms. The molecule has 1 aliphatic heterocycles. The number of hydrogen-bond donors (Lipinski definition) is 0. The summed E-state index contributed by atoms with van der Waals surface area (Å²) in [6.45, 7) is 1.10. The molecule has 4 rings (SSSR count). The number of para-hydroxylation sites is 2. The van der Waals surface area contributed by atoms with E-state index < -0.39 is 5.92 Å². The zero-order chi connectivity index (χ0) is 17.2. The maximum Gasteiger partial charge on any atom is 0.176 e. The molecule has 0 radical (unpaired) electrons. The van der Waals surface area contributed by atoms with Gasteiger partial charge in [0.05, 0.1) is 22.8 Å². The van der Waals surface area contributed by atoms with Crippen molar-refractivity contribution in [1.29, 1.82) is 5.26 Å². The molecule has 0 N–H and O–H groups in total. The van der Waals surface area contributed by atoms with Crippen LogP contribution in [-0.4, -0.2) is 23.9 Å². The van der Waals surface area contributed by atoms with Crippen molar-refractivity contribution in [2.24, 2.45) is 0 Å². The highest BCUT2D eigenvalue weighted by Gasteiger charge is 2.27. The number of thiazole rings is 1. The van der Waals surface area contributed by atoms with Crippen LogP contribution in [0.4, 0.5) is 5.69 Å². The number of aryl methyl sites for hydroxylation is 1. The third-order valence-electron chi connectivity index (χ3n) is 4.56. The molecule has 2 aromatic carbocycles. The third kappa shape index (κ3) is 3.01. The van der Waals surface area contributed by atoms with Gasteiger partial charge >= 0.3 is 0 Å². The molecule has 1 aliphatic rings. The highest BCUT2D eigenvalue weighted by atomic mass is 32.1. The van der Waals surface area contributed by atoms with Crippen molar-refractivity contribution in [2.75, 3.05) is 18.0 Å². The number of carbonyl (C=O) groups is 1. The predicted octanol–water partition coefficient (Wildman–Crippen LogP) is 3.93. The monoisotopic (exact) mass is 347 g/mol. The quantitative estimate of drug-likeness (QED) is 0.718. The largest absolute Gasteiger partial charge is 0.364 e. The van der Waals surface area contributed by atoms with Gasteiger partial charge < -0.3 is 4.90 Å². The predicted molar refractivity (Wildman–Crippen MR) is 100.0 cm³/mol. The Morgan fingerprint density at radius 2 is 2.04 bits per heavy atom. The van der Waals surface area contributed by atoms with Crippen LogP contribution >= 0.6 is 11.3 Å². The maximum absolute atomic E-state index is 12.8. The van der Waals surface area contributed by atoms with Crippen LogP contribution in [0.2, 0.25) is 0 Å². The number of Topliss-reactive ketones (excluding diaryl/α,β-unsaturated/α-hetero) is 1. The van der Waals surface area contributed by atoms with Crippen LogP contribution in [0.1, 0.15) is 22.9 Å². The summed E-state index contributed by atoms with van der Waals surface area (Å²) in [5.41, 5.74) is 3.23. The van der Waals surface area contributed by atoms with Crippen molar-refractivity contribution in [3.05, 3.63) is 59.1 Å². The summed E-state index contributed by atoms with van der Waals surface area (Å²) in [6.07, 6.45) is 2.07. The number of benzene rings is 2. The molecule has 0 spiro atoms. The number of fused-ring (bicyclic) bond motifs is 2. The maximum atomic E-state index is 12.8. The lowest BCUT2D eigenvalue weighted by Gasteiger charge is -2.31. The van der Waals surface area contributed by atoms with E-state index in [1.54, 1.807) is 0 Å². The van der Waals surface area contributed by atoms with Gasteiger partial charge in [0, 0.05) is 12.2 Å². The molecule has 124 valence electrons. The van der Waals surface area contributed by atoms with Crippen LogP contribution in [0.15, 0.2) is 48.5 Å². The highest BCUT2D eigenvalue weighted by Crippen LogP contribution is 2.30. The Morgan fingerprint density at radius 3 is 2.88 bits per heavy atom. The first-order valence-corrected chi connectivity index (χ1v) is 9.18. The van der Waals surface area contributed by atoms with Crippen molar-refractivity contribution >= 4 is 33.0 Å². The summed E-state index contributed by atoms with van der Waals surface area (Å²) in [4.78, 5) is 19.4. The molecule has 0 saturated heterocycles. The van der Waals surface area contributed by atoms with Gasteiger partial charge in [0.25, 0.3) is 0 Å². The number of ketones is 1. The molecule has 3 aromatic rings. The van der Waals surface area contributed by atoms with Crippen LogP contribution in [0.5, 0.6) is 0 Å². The van der Waals surface area contributed by atoms with Crippen molar-refractivity contribution in [3.63, 3.8) is 0 Å². The van der Waals surface area contributed by atoms with E-state index in [4.69, 9.17) is 0 Å². The molecule has 0 saturated carbocycles. The van der Waals surface area contributed by atoms with E-state index in [1.807, 2.05) is 36.4 Å². The molecule has 1 aromatic heterocycles. The molecule has 25 heavy (non-hydrogen) atoms. The van der Waals surface area contributed by atoms with Gasteiger partial charge in [0.2, 0.25) is 0 Å². The normalized spacial score (nSPS) is 14.8. The molecule has 1 atom stereocenters. The molecular weight excluding hydrogens is 330 g/mol. The SMILES string of the molecule is N#C[C@@H](C(=O)CN1CCCc2ccccc21)c1nc2ccccc2s1. The molecule has 5 heteroatoms. The number of carbonyl (C=O) groups excluding carboxylic acids is 1. The van der Waals surface area contributed by atoms with Gasteiger partial charge in [-0.25, -0.2) is 4.98 Å². The fourth-order valence-corrected chi connectivity index (χ4v) is 4.37. The summed E-state index contributed by atoms with van der Waals surface area (Å²) in [5.74, 6) is -0.884. The topological polar surface area (TPSA) is 57.0 Å². The highest BCUT2D eigenvalue weighted by molar-refractivity contribution is 7.18. The minimum Gasteiger partial charge on any atom is -0.364 e. The van der Waals surface area contributed by atoms with Crippen molar-refractivity contribution < 1.29 is 4.79 Å². The Bertz CT molecular complexity index is 939. The van der Waals surface area contributed by atoms with E-state index in [-0.39, 0.29) is 12.3 Å². The number of nitriles is 1. The summed E-state index contributed by atoms with van der Waals surface area (Å²) in [5, 5.41) is 10.2. The van der Waals surface area contributed by atoms with Crippen molar-refractivity contribution in [3.8, 4) is 6.07 Å². The van der Waals surface area contributed by atoms with Gasteiger partial charge in [0.15, 0.2) is 11.7 Å². The lowest BCUT2D eigenvalue weighted by Crippen LogP contribution is -2.36. The standard InChI is InChI=1S/C20H17N3OS/c21-12-15(20-22-16-8-2-4-10-19(16)25-20)18(24)13-23-11-5-7-14-6-1-3-9-17(14)23/h1-4,6,8-10,15H,5,7,11,13H2/t15-/m0/s1. The third-order valence-corrected chi connectivity index (χ3v) is 5.66. The van der Waals surface area contributed by atoms with E-state index >= 15 is 0 Å². The Labute approximate surface area is 150 Å². The Hall–Kier alpha value is -2.71. The van der Waals surface area contributed by atoms with E-state index in [2.05, 4.69) is 28.1 Å². The van der Waals surface area contributed by atoms with E-state index in [9.17, 15) is 10.1 Å². The average Bonchev–Trinajstić information content (AvgIpc) is 3.06. The van der Waals surface area contributed by atoms with Crippen LogP contribution < -0.4 is 4.90 Å². The summed E-state index contributed by atoms with van der Waals surface area (Å²) < 4.78 is 1.01. The molecule has 0 aliphatic carbocycles. The number of rotatable bonds is 4. The van der Waals surface area contributed by atoms with Crippen LogP contribution in [-0.2, 0) is 11.2 Å². The number of anilines is 1. The molecular formula is C20H17N3OS. The molecule has 0 unspecified atom stereocenters. The average molecular weight is 347 g/mol. The van der Waals surface area contributed by atoms with E-state index in [1.165, 1.54) is 16.9 Å². The number of aromatic nitrogens is 1. The minimum absolute atomic E-state index is 0.0849. The minimum atomic E-state index is -0.800. The first kappa shape index (κ1) is 15.8.